The topological polar surface area (TPSA) is 105 Å². The van der Waals surface area contributed by atoms with Crippen LogP contribution in [0.4, 0.5) is 37.1 Å². The summed E-state index contributed by atoms with van der Waals surface area (Å²) < 4.78 is 90.5. The van der Waals surface area contributed by atoms with Crippen LogP contribution < -0.4 is 14.7 Å². The van der Waals surface area contributed by atoms with Crippen molar-refractivity contribution in [3.8, 4) is 5.75 Å². The Morgan fingerprint density at radius 1 is 0.872 bits per heavy atom. The predicted molar refractivity (Wildman–Crippen MR) is 121 cm³/mol. The molecule has 1 aromatic heterocycles. The lowest BCUT2D eigenvalue weighted by Gasteiger charge is -2.22. The zero-order chi connectivity index (χ0) is 28.6. The van der Waals surface area contributed by atoms with Crippen molar-refractivity contribution in [3.05, 3.63) is 83.2 Å². The van der Waals surface area contributed by atoms with Gasteiger partial charge in [-0.05, 0) is 42.2 Å². The van der Waals surface area contributed by atoms with Gasteiger partial charge >= 0.3 is 18.4 Å². The Hall–Kier alpha value is -4.36. The van der Waals surface area contributed by atoms with E-state index in [1.165, 1.54) is 0 Å². The van der Waals surface area contributed by atoms with Crippen LogP contribution in [0.1, 0.15) is 35.1 Å². The number of ether oxygens (including phenoxy) is 2. The van der Waals surface area contributed by atoms with Gasteiger partial charge < -0.3 is 19.4 Å². The molecule has 0 saturated heterocycles. The summed E-state index contributed by atoms with van der Waals surface area (Å²) in [5.74, 6) is -1.58. The average Bonchev–Trinajstić information content (AvgIpc) is 2.88. The zero-order valence-electron chi connectivity index (χ0n) is 20.0. The minimum Gasteiger partial charge on any atom is -0.550 e. The van der Waals surface area contributed by atoms with E-state index in [-0.39, 0.29) is 43.8 Å². The highest BCUT2D eigenvalue weighted by molar-refractivity contribution is 5.85. The van der Waals surface area contributed by atoms with E-state index in [1.807, 2.05) is 0 Å². The van der Waals surface area contributed by atoms with Crippen molar-refractivity contribution in [2.24, 2.45) is 0 Å². The Morgan fingerprint density at radius 2 is 1.46 bits per heavy atom. The fourth-order valence-electron chi connectivity index (χ4n) is 3.24. The maximum absolute atomic E-state index is 13.3. The van der Waals surface area contributed by atoms with E-state index in [0.717, 1.165) is 12.4 Å². The minimum atomic E-state index is -5.08. The first-order valence-electron chi connectivity index (χ1n) is 11.2. The highest BCUT2D eigenvalue weighted by Crippen LogP contribution is 2.36. The third-order valence-corrected chi connectivity index (χ3v) is 5.06. The summed E-state index contributed by atoms with van der Waals surface area (Å²) >= 11 is 0. The smallest absolute Gasteiger partial charge is 0.417 e. The maximum Gasteiger partial charge on any atom is 0.417 e. The summed E-state index contributed by atoms with van der Waals surface area (Å²) in [6.45, 7) is -1.05. The van der Waals surface area contributed by atoms with Gasteiger partial charge in [-0.1, -0.05) is 30.3 Å². The van der Waals surface area contributed by atoms with E-state index in [0.29, 0.717) is 22.6 Å². The van der Waals surface area contributed by atoms with Crippen LogP contribution in [0, 0.1) is 0 Å². The van der Waals surface area contributed by atoms with Gasteiger partial charge in [-0.25, -0.2) is 19.7 Å². The number of carbonyl (C=O) groups is 2. The number of amides is 1. The van der Waals surface area contributed by atoms with Crippen LogP contribution in [-0.2, 0) is 35.0 Å². The molecule has 1 amide bonds. The lowest BCUT2D eigenvalue weighted by atomic mass is 10.0. The summed E-state index contributed by atoms with van der Waals surface area (Å²) in [6, 6.07) is 9.31. The molecule has 1 heterocycles. The summed E-state index contributed by atoms with van der Waals surface area (Å²) in [7, 11) is 0. The molecule has 8 nitrogen and oxygen atoms in total. The second-order valence-corrected chi connectivity index (χ2v) is 8.08. The number of anilines is 1. The normalized spacial score (nSPS) is 11.6. The Morgan fingerprint density at radius 3 is 2.00 bits per heavy atom. The summed E-state index contributed by atoms with van der Waals surface area (Å²) in [5.41, 5.74) is -3.03. The Bertz CT molecular complexity index is 1240. The van der Waals surface area contributed by atoms with Crippen molar-refractivity contribution in [3.63, 3.8) is 0 Å². The number of aromatic nitrogens is 2. The molecular formula is C25H20F6N3O5-. The average molecular weight is 556 g/mol. The van der Waals surface area contributed by atoms with E-state index in [9.17, 15) is 41.0 Å². The van der Waals surface area contributed by atoms with Crippen LogP contribution in [0.15, 0.2) is 60.9 Å². The fourth-order valence-corrected chi connectivity index (χ4v) is 3.24. The van der Waals surface area contributed by atoms with Gasteiger partial charge in [0.25, 0.3) is 0 Å². The molecule has 2 aromatic carbocycles. The maximum atomic E-state index is 13.3. The molecule has 208 valence electrons. The summed E-state index contributed by atoms with van der Waals surface area (Å²) in [6.07, 6.45) is -9.22. The first kappa shape index (κ1) is 29.2. The fraction of sp³-hybridized carbons (Fsp3) is 0.280. The molecule has 39 heavy (non-hydrogen) atoms. The molecule has 0 fully saturated rings. The van der Waals surface area contributed by atoms with Gasteiger partial charge in [0.1, 0.15) is 6.61 Å². The number of aliphatic carboxylic acids is 1. The molecule has 0 saturated carbocycles. The third kappa shape index (κ3) is 8.86. The lowest BCUT2D eigenvalue weighted by molar-refractivity contribution is -0.305. The van der Waals surface area contributed by atoms with Gasteiger partial charge in [-0.2, -0.15) is 26.3 Å². The number of rotatable bonds is 10. The molecular weight excluding hydrogens is 536 g/mol. The second-order valence-electron chi connectivity index (χ2n) is 8.08. The predicted octanol–water partition coefficient (Wildman–Crippen LogP) is 4.77. The van der Waals surface area contributed by atoms with Crippen molar-refractivity contribution in [1.82, 2.24) is 9.97 Å². The van der Waals surface area contributed by atoms with Crippen LogP contribution >= 0.6 is 0 Å². The second kappa shape index (κ2) is 12.5. The molecule has 0 N–H and O–H groups in total. The Balaban J connectivity index is 1.89. The molecule has 0 bridgehead atoms. The summed E-state index contributed by atoms with van der Waals surface area (Å²) in [4.78, 5) is 31.9. The van der Waals surface area contributed by atoms with Gasteiger partial charge in [-0.15, -0.1) is 0 Å². The number of halogens is 6. The first-order valence-corrected chi connectivity index (χ1v) is 11.2. The first-order chi connectivity index (χ1) is 18.3. The number of hydrogen-bond acceptors (Lipinski definition) is 7. The molecule has 0 unspecified atom stereocenters. The van der Waals surface area contributed by atoms with Gasteiger partial charge in [0.2, 0.25) is 5.95 Å². The molecule has 14 heteroatoms. The van der Waals surface area contributed by atoms with E-state index in [1.54, 1.807) is 30.3 Å². The van der Waals surface area contributed by atoms with Crippen molar-refractivity contribution in [1.29, 1.82) is 0 Å². The zero-order valence-corrected chi connectivity index (χ0v) is 20.0. The van der Waals surface area contributed by atoms with Crippen molar-refractivity contribution in [2.75, 3.05) is 11.5 Å². The number of alkyl halides is 6. The van der Waals surface area contributed by atoms with Crippen LogP contribution in [0.3, 0.4) is 0 Å². The van der Waals surface area contributed by atoms with E-state index in [4.69, 9.17) is 9.47 Å². The van der Waals surface area contributed by atoms with Crippen molar-refractivity contribution < 1.29 is 50.5 Å². The van der Waals surface area contributed by atoms with Crippen molar-refractivity contribution in [2.45, 2.75) is 38.3 Å². The highest BCUT2D eigenvalue weighted by atomic mass is 19.4. The molecule has 0 radical (unpaired) electrons. The number of hydrogen-bond donors (Lipinski definition) is 0. The van der Waals surface area contributed by atoms with E-state index >= 15 is 0 Å². The van der Waals surface area contributed by atoms with Gasteiger partial charge in [0.05, 0.1) is 36.7 Å². The van der Waals surface area contributed by atoms with Crippen LogP contribution in [0.25, 0.3) is 0 Å². The molecule has 0 aliphatic rings. The van der Waals surface area contributed by atoms with Crippen LogP contribution in [0.2, 0.25) is 0 Å². The van der Waals surface area contributed by atoms with E-state index in [2.05, 4.69) is 9.97 Å². The molecule has 0 aliphatic carbocycles. The van der Waals surface area contributed by atoms with Gasteiger partial charge in [0, 0.05) is 5.97 Å². The van der Waals surface area contributed by atoms with Crippen molar-refractivity contribution >= 4 is 18.0 Å². The van der Waals surface area contributed by atoms with Gasteiger partial charge in [-0.3, -0.25) is 0 Å². The number of carboxylic acid groups (broad SMARTS) is 1. The molecule has 3 rings (SSSR count). The number of carboxylic acids is 1. The largest absolute Gasteiger partial charge is 0.550 e. The number of nitrogens with zero attached hydrogens (tertiary/aromatic N) is 3. The molecule has 0 atom stereocenters. The number of benzene rings is 2. The number of carbonyl (C=O) groups excluding carboxylic acids is 2. The Labute approximate surface area is 217 Å². The molecule has 0 aliphatic heterocycles. The monoisotopic (exact) mass is 556 g/mol. The quantitative estimate of drug-likeness (QED) is 0.262. The van der Waals surface area contributed by atoms with Crippen LogP contribution in [0.5, 0.6) is 5.75 Å². The summed E-state index contributed by atoms with van der Waals surface area (Å²) in [5, 5.41) is 10.5. The lowest BCUT2D eigenvalue weighted by Crippen LogP contribution is -2.32. The molecule has 3 aromatic rings. The SMILES string of the molecule is O=C([O-])CCCOc1cnc(N(Cc2cc(C(F)(F)F)cc(C(F)(F)F)c2)C(=O)OCc2ccccc2)nc1. The third-order valence-electron chi connectivity index (χ3n) is 5.06. The Kier molecular flexibility index (Phi) is 9.33. The van der Waals surface area contributed by atoms with E-state index < -0.39 is 47.7 Å². The molecule has 0 spiro atoms. The minimum absolute atomic E-state index is 0.0232. The van der Waals surface area contributed by atoms with Crippen LogP contribution in [-0.4, -0.2) is 28.6 Å². The standard InChI is InChI=1S/C25H21F6N3O5/c26-24(27,28)18-9-17(10-19(11-18)25(29,30)31)14-34(23(37)39-15-16-5-2-1-3-6-16)22-32-12-20(13-33-22)38-8-4-7-21(35)36/h1-3,5-6,9-13H,4,7-8,14-15H2,(H,35,36)/p-1. The van der Waals surface area contributed by atoms with Gasteiger partial charge in [0.15, 0.2) is 5.75 Å². The highest BCUT2D eigenvalue weighted by Gasteiger charge is 2.37.